The van der Waals surface area contributed by atoms with Gasteiger partial charge in [0.1, 0.15) is 12.1 Å². The fourth-order valence-electron chi connectivity index (χ4n) is 2.98. The molecule has 0 aliphatic heterocycles. The number of amides is 1. The molecular weight excluding hydrogens is 390 g/mol. The van der Waals surface area contributed by atoms with Crippen LogP contribution in [0, 0.1) is 11.8 Å². The van der Waals surface area contributed by atoms with Crippen molar-refractivity contribution in [3.05, 3.63) is 0 Å². The lowest BCUT2D eigenvalue weighted by Gasteiger charge is -2.20. The van der Waals surface area contributed by atoms with Gasteiger partial charge in [0.2, 0.25) is 5.91 Å². The maximum atomic E-state index is 12.2. The number of carboxylic acids is 1. The summed E-state index contributed by atoms with van der Waals surface area (Å²) < 4.78 is 5.44. The number of hydrogen-bond acceptors (Lipinski definition) is 6. The molecule has 0 rings (SSSR count). The number of aliphatic hydroxyl groups is 2. The first-order valence-electron chi connectivity index (χ1n) is 11.1. The zero-order valence-corrected chi connectivity index (χ0v) is 18.9. The molecule has 0 aromatic carbocycles. The molecule has 0 heterocycles. The van der Waals surface area contributed by atoms with Crippen LogP contribution in [0.15, 0.2) is 0 Å². The highest BCUT2D eigenvalue weighted by Crippen LogP contribution is 2.17. The Bertz CT molecular complexity index is 510. The molecule has 0 saturated heterocycles. The van der Waals surface area contributed by atoms with Gasteiger partial charge in [-0.3, -0.25) is 9.59 Å². The van der Waals surface area contributed by atoms with Crippen molar-refractivity contribution in [3.63, 3.8) is 0 Å². The first kappa shape index (κ1) is 28.3. The molecule has 4 N–H and O–H groups in total. The van der Waals surface area contributed by atoms with Gasteiger partial charge in [0.25, 0.3) is 0 Å². The van der Waals surface area contributed by atoms with Gasteiger partial charge in [-0.25, -0.2) is 4.79 Å². The van der Waals surface area contributed by atoms with Crippen LogP contribution in [0.2, 0.25) is 0 Å². The molecule has 0 aliphatic carbocycles. The van der Waals surface area contributed by atoms with Gasteiger partial charge in [0, 0.05) is 0 Å². The molecular formula is C22H41NO7. The fraction of sp³-hybridized carbons (Fsp3) is 0.864. The molecule has 8 nitrogen and oxygen atoms in total. The second kappa shape index (κ2) is 16.1. The van der Waals surface area contributed by atoms with E-state index < -0.39 is 42.7 Å². The van der Waals surface area contributed by atoms with Crippen molar-refractivity contribution in [1.82, 2.24) is 5.32 Å². The lowest BCUT2D eigenvalue weighted by molar-refractivity contribution is -0.154. The molecule has 0 spiro atoms. The summed E-state index contributed by atoms with van der Waals surface area (Å²) in [5.74, 6) is -1.47. The molecule has 0 aliphatic rings. The standard InChI is InChI=1S/C22H41NO7/c1-5-16(4)10-11-17(25)12-21(27)30-18(9-7-6-8-15(2)3)13-20(26)23-19(14-24)22(28)29/h15-19,24-25H,5-14H2,1-4H3,(H,23,26)(H,28,29). The van der Waals surface area contributed by atoms with E-state index in [-0.39, 0.29) is 12.8 Å². The van der Waals surface area contributed by atoms with Crippen LogP contribution in [0.3, 0.4) is 0 Å². The molecule has 0 saturated carbocycles. The zero-order chi connectivity index (χ0) is 23.1. The molecule has 176 valence electrons. The largest absolute Gasteiger partial charge is 0.480 e. The Morgan fingerprint density at radius 2 is 1.60 bits per heavy atom. The molecule has 30 heavy (non-hydrogen) atoms. The number of carboxylic acid groups (broad SMARTS) is 1. The van der Waals surface area contributed by atoms with Gasteiger partial charge in [0.15, 0.2) is 0 Å². The van der Waals surface area contributed by atoms with Crippen LogP contribution >= 0.6 is 0 Å². The van der Waals surface area contributed by atoms with Crippen molar-refractivity contribution in [2.75, 3.05) is 6.61 Å². The SMILES string of the molecule is CCC(C)CCC(O)CC(=O)OC(CCCCC(C)C)CC(=O)NC(CO)C(=O)O. The Hall–Kier alpha value is -1.67. The number of hydrogen-bond donors (Lipinski definition) is 4. The number of carbonyl (C=O) groups is 3. The van der Waals surface area contributed by atoms with Gasteiger partial charge < -0.3 is 25.4 Å². The third-order valence-electron chi connectivity index (χ3n) is 5.18. The molecule has 0 bridgehead atoms. The molecule has 0 radical (unpaired) electrons. The van der Waals surface area contributed by atoms with Gasteiger partial charge in [-0.2, -0.15) is 0 Å². The average molecular weight is 432 g/mol. The van der Waals surface area contributed by atoms with Crippen LogP contribution in [-0.2, 0) is 19.1 Å². The normalized spacial score (nSPS) is 15.3. The Labute approximate surface area is 180 Å². The highest BCUT2D eigenvalue weighted by Gasteiger charge is 2.24. The average Bonchev–Trinajstić information content (AvgIpc) is 2.66. The fourth-order valence-corrected chi connectivity index (χ4v) is 2.98. The van der Waals surface area contributed by atoms with Crippen LogP contribution in [0.5, 0.6) is 0 Å². The lowest BCUT2D eigenvalue weighted by atomic mass is 9.99. The molecule has 4 atom stereocenters. The van der Waals surface area contributed by atoms with E-state index in [1.165, 1.54) is 0 Å². The summed E-state index contributed by atoms with van der Waals surface area (Å²) in [5, 5.41) is 30.3. The number of esters is 1. The van der Waals surface area contributed by atoms with E-state index in [1.54, 1.807) is 0 Å². The quantitative estimate of drug-likeness (QED) is 0.205. The number of unbranched alkanes of at least 4 members (excludes halogenated alkanes) is 1. The summed E-state index contributed by atoms with van der Waals surface area (Å²) >= 11 is 0. The Morgan fingerprint density at radius 3 is 2.13 bits per heavy atom. The maximum Gasteiger partial charge on any atom is 0.328 e. The highest BCUT2D eigenvalue weighted by molar-refractivity contribution is 5.84. The van der Waals surface area contributed by atoms with Crippen LogP contribution in [0.25, 0.3) is 0 Å². The summed E-state index contributed by atoms with van der Waals surface area (Å²) in [5.41, 5.74) is 0. The van der Waals surface area contributed by atoms with Crippen LogP contribution in [-0.4, -0.2) is 58.0 Å². The van der Waals surface area contributed by atoms with Crippen LogP contribution < -0.4 is 5.32 Å². The molecule has 4 unspecified atom stereocenters. The number of carbonyl (C=O) groups excluding carboxylic acids is 2. The predicted octanol–water partition coefficient (Wildman–Crippen LogP) is 2.64. The van der Waals surface area contributed by atoms with Crippen molar-refractivity contribution in [2.24, 2.45) is 11.8 Å². The maximum absolute atomic E-state index is 12.2. The first-order chi connectivity index (χ1) is 14.1. The Balaban J connectivity index is 4.71. The zero-order valence-electron chi connectivity index (χ0n) is 18.9. The second-order valence-electron chi connectivity index (χ2n) is 8.58. The molecule has 0 aromatic rings. The minimum absolute atomic E-state index is 0.130. The van der Waals surface area contributed by atoms with Gasteiger partial charge in [0.05, 0.1) is 25.6 Å². The summed E-state index contributed by atoms with van der Waals surface area (Å²) in [6, 6.07) is -1.39. The summed E-state index contributed by atoms with van der Waals surface area (Å²) in [6.45, 7) is 7.68. The summed E-state index contributed by atoms with van der Waals surface area (Å²) in [7, 11) is 0. The van der Waals surface area contributed by atoms with Crippen LogP contribution in [0.1, 0.15) is 85.5 Å². The van der Waals surface area contributed by atoms with E-state index in [1.807, 2.05) is 0 Å². The predicted molar refractivity (Wildman–Crippen MR) is 114 cm³/mol. The van der Waals surface area contributed by atoms with Gasteiger partial charge in [-0.1, -0.05) is 47.0 Å². The minimum Gasteiger partial charge on any atom is -0.480 e. The molecule has 0 aromatic heterocycles. The van der Waals surface area contributed by atoms with E-state index in [2.05, 4.69) is 33.0 Å². The monoisotopic (exact) mass is 431 g/mol. The van der Waals surface area contributed by atoms with Crippen molar-refractivity contribution in [3.8, 4) is 0 Å². The lowest BCUT2D eigenvalue weighted by Crippen LogP contribution is -2.44. The van der Waals surface area contributed by atoms with Crippen molar-refractivity contribution in [2.45, 2.75) is 104 Å². The number of aliphatic hydroxyl groups excluding tert-OH is 2. The number of ether oxygens (including phenoxy) is 1. The van der Waals surface area contributed by atoms with Crippen molar-refractivity contribution >= 4 is 17.8 Å². The Kier molecular flexibility index (Phi) is 15.2. The smallest absolute Gasteiger partial charge is 0.328 e. The van der Waals surface area contributed by atoms with Gasteiger partial charge >= 0.3 is 11.9 Å². The topological polar surface area (TPSA) is 133 Å². The highest BCUT2D eigenvalue weighted by atomic mass is 16.5. The van der Waals surface area contributed by atoms with Gasteiger partial charge in [-0.05, 0) is 37.5 Å². The molecule has 0 fully saturated rings. The summed E-state index contributed by atoms with van der Waals surface area (Å²) in [4.78, 5) is 35.4. The molecule has 8 heteroatoms. The van der Waals surface area contributed by atoms with Crippen LogP contribution in [0.4, 0.5) is 0 Å². The third-order valence-corrected chi connectivity index (χ3v) is 5.18. The number of nitrogens with one attached hydrogen (secondary N) is 1. The third kappa shape index (κ3) is 14.3. The molecule has 1 amide bonds. The summed E-state index contributed by atoms with van der Waals surface area (Å²) in [6.07, 6.45) is 3.75. The number of aliphatic carboxylic acids is 1. The van der Waals surface area contributed by atoms with E-state index in [4.69, 9.17) is 14.9 Å². The van der Waals surface area contributed by atoms with E-state index >= 15 is 0 Å². The second-order valence-corrected chi connectivity index (χ2v) is 8.58. The van der Waals surface area contributed by atoms with Crippen molar-refractivity contribution < 1.29 is 34.4 Å². The minimum atomic E-state index is -1.39. The van der Waals surface area contributed by atoms with Gasteiger partial charge in [-0.15, -0.1) is 0 Å². The van der Waals surface area contributed by atoms with E-state index in [0.29, 0.717) is 24.7 Å². The van der Waals surface area contributed by atoms with E-state index in [0.717, 1.165) is 32.1 Å². The number of rotatable bonds is 17. The van der Waals surface area contributed by atoms with Crippen molar-refractivity contribution in [1.29, 1.82) is 0 Å². The first-order valence-corrected chi connectivity index (χ1v) is 11.1. The Morgan fingerprint density at radius 1 is 0.967 bits per heavy atom. The van der Waals surface area contributed by atoms with E-state index in [9.17, 15) is 19.5 Å².